The van der Waals surface area contributed by atoms with Gasteiger partial charge in [-0.2, -0.15) is 10.5 Å². The lowest BCUT2D eigenvalue weighted by atomic mass is 9.89. The number of hydrogen-bond acceptors (Lipinski definition) is 3. The maximum absolute atomic E-state index is 8.95. The molecule has 1 saturated carbocycles. The monoisotopic (exact) mass is 229 g/mol. The zero-order chi connectivity index (χ0) is 12.1. The van der Waals surface area contributed by atoms with Gasteiger partial charge in [0.05, 0.1) is 0 Å². The molecular weight excluding hydrogens is 210 g/mol. The van der Waals surface area contributed by atoms with Crippen molar-refractivity contribution in [1.29, 1.82) is 10.5 Å². The Balaban J connectivity index is 2.03. The van der Waals surface area contributed by atoms with Gasteiger partial charge >= 0.3 is 0 Å². The Bertz CT molecular complexity index is 361. The average Bonchev–Trinajstić information content (AvgIpc) is 2.81. The minimum Gasteiger partial charge on any atom is -0.373 e. The van der Waals surface area contributed by atoms with E-state index in [-0.39, 0.29) is 0 Å². The highest BCUT2D eigenvalue weighted by Gasteiger charge is 2.24. The van der Waals surface area contributed by atoms with Crippen LogP contribution in [0.1, 0.15) is 44.9 Å². The second-order valence-corrected chi connectivity index (χ2v) is 5.10. The maximum Gasteiger partial charge on any atom is 0.148 e. The number of nitrogens with zero attached hydrogens (tertiary/aromatic N) is 3. The second kappa shape index (κ2) is 5.73. The van der Waals surface area contributed by atoms with Gasteiger partial charge in [0.15, 0.2) is 0 Å². The van der Waals surface area contributed by atoms with Crippen LogP contribution in [0, 0.1) is 28.6 Å². The van der Waals surface area contributed by atoms with Crippen LogP contribution < -0.4 is 0 Å². The fourth-order valence-corrected chi connectivity index (χ4v) is 3.05. The lowest BCUT2D eigenvalue weighted by molar-refractivity contribution is 0.259. The molecule has 0 spiro atoms. The molecule has 1 aliphatic heterocycles. The van der Waals surface area contributed by atoms with Crippen molar-refractivity contribution in [2.24, 2.45) is 5.92 Å². The summed E-state index contributed by atoms with van der Waals surface area (Å²) in [4.78, 5) is 2.29. The van der Waals surface area contributed by atoms with E-state index in [0.29, 0.717) is 5.57 Å². The van der Waals surface area contributed by atoms with Crippen LogP contribution >= 0.6 is 0 Å². The first-order chi connectivity index (χ1) is 8.35. The van der Waals surface area contributed by atoms with Crippen LogP contribution in [0.4, 0.5) is 0 Å². The van der Waals surface area contributed by atoms with Gasteiger partial charge in [-0.25, -0.2) is 0 Å². The number of nitriles is 2. The molecule has 0 bridgehead atoms. The molecule has 1 heterocycles. The highest BCUT2D eigenvalue weighted by Crippen LogP contribution is 2.30. The van der Waals surface area contributed by atoms with Gasteiger partial charge in [0.2, 0.25) is 0 Å². The summed E-state index contributed by atoms with van der Waals surface area (Å²) in [7, 11) is 0. The molecule has 1 saturated heterocycles. The van der Waals surface area contributed by atoms with Crippen LogP contribution in [-0.4, -0.2) is 18.0 Å². The third kappa shape index (κ3) is 2.80. The Kier molecular flexibility index (Phi) is 4.04. The molecule has 0 aromatic heterocycles. The van der Waals surface area contributed by atoms with Crippen molar-refractivity contribution in [1.82, 2.24) is 4.90 Å². The molecule has 0 unspecified atom stereocenters. The first-order valence-corrected chi connectivity index (χ1v) is 6.63. The molecule has 2 fully saturated rings. The Morgan fingerprint density at radius 3 is 2.47 bits per heavy atom. The van der Waals surface area contributed by atoms with Gasteiger partial charge < -0.3 is 4.90 Å². The molecule has 2 aliphatic rings. The van der Waals surface area contributed by atoms with Gasteiger partial charge in [-0.05, 0) is 31.6 Å². The molecule has 0 amide bonds. The summed E-state index contributed by atoms with van der Waals surface area (Å²) in [5, 5.41) is 17.9. The fraction of sp³-hybridized carbons (Fsp3) is 0.714. The lowest BCUT2D eigenvalue weighted by Gasteiger charge is -2.28. The van der Waals surface area contributed by atoms with E-state index < -0.39 is 0 Å². The predicted octanol–water partition coefficient (Wildman–Crippen LogP) is 2.96. The fourth-order valence-electron chi connectivity index (χ4n) is 3.05. The summed E-state index contributed by atoms with van der Waals surface area (Å²) >= 11 is 0. The average molecular weight is 229 g/mol. The first kappa shape index (κ1) is 12.0. The van der Waals surface area contributed by atoms with Crippen molar-refractivity contribution >= 4 is 0 Å². The SMILES string of the molecule is N#CC(C#N)=C1CCCN1CC1CCCCC1. The molecule has 2 rings (SSSR count). The zero-order valence-corrected chi connectivity index (χ0v) is 10.3. The molecule has 1 aliphatic carbocycles. The van der Waals surface area contributed by atoms with Gasteiger partial charge in [-0.3, -0.25) is 0 Å². The van der Waals surface area contributed by atoms with E-state index in [9.17, 15) is 0 Å². The van der Waals surface area contributed by atoms with Crippen LogP contribution in [0.3, 0.4) is 0 Å². The van der Waals surface area contributed by atoms with E-state index in [0.717, 1.165) is 37.5 Å². The van der Waals surface area contributed by atoms with Gasteiger partial charge in [-0.1, -0.05) is 19.3 Å². The Labute approximate surface area is 103 Å². The van der Waals surface area contributed by atoms with Crippen LogP contribution in [0.15, 0.2) is 11.3 Å². The normalized spacial score (nSPS) is 21.1. The van der Waals surface area contributed by atoms with Gasteiger partial charge in [0.25, 0.3) is 0 Å². The highest BCUT2D eigenvalue weighted by molar-refractivity contribution is 5.40. The molecule has 0 aromatic rings. The van der Waals surface area contributed by atoms with Gasteiger partial charge in [0, 0.05) is 18.8 Å². The van der Waals surface area contributed by atoms with Crippen molar-refractivity contribution < 1.29 is 0 Å². The summed E-state index contributed by atoms with van der Waals surface area (Å²) in [5.74, 6) is 0.774. The summed E-state index contributed by atoms with van der Waals surface area (Å²) < 4.78 is 0. The largest absolute Gasteiger partial charge is 0.373 e. The third-order valence-electron chi connectivity index (χ3n) is 3.94. The van der Waals surface area contributed by atoms with Crippen molar-refractivity contribution in [3.8, 4) is 12.1 Å². The lowest BCUT2D eigenvalue weighted by Crippen LogP contribution is -2.27. The maximum atomic E-state index is 8.95. The van der Waals surface area contributed by atoms with Crippen LogP contribution in [-0.2, 0) is 0 Å². The molecular formula is C14H19N3. The predicted molar refractivity (Wildman–Crippen MR) is 65.6 cm³/mol. The molecule has 0 aromatic carbocycles. The quantitative estimate of drug-likeness (QED) is 0.684. The van der Waals surface area contributed by atoms with Crippen LogP contribution in [0.5, 0.6) is 0 Å². The van der Waals surface area contributed by atoms with Crippen LogP contribution in [0.2, 0.25) is 0 Å². The third-order valence-corrected chi connectivity index (χ3v) is 3.94. The standard InChI is InChI=1S/C14H19N3/c15-9-13(10-16)14-7-4-8-17(14)11-12-5-2-1-3-6-12/h12H,1-8,11H2. The van der Waals surface area contributed by atoms with Gasteiger partial charge in [0.1, 0.15) is 17.7 Å². The van der Waals surface area contributed by atoms with Crippen molar-refractivity contribution in [2.75, 3.05) is 13.1 Å². The Morgan fingerprint density at radius 1 is 1.12 bits per heavy atom. The molecule has 3 nitrogen and oxygen atoms in total. The van der Waals surface area contributed by atoms with Crippen molar-refractivity contribution in [3.05, 3.63) is 11.3 Å². The minimum absolute atomic E-state index is 0.332. The van der Waals surface area contributed by atoms with E-state index >= 15 is 0 Å². The molecule has 17 heavy (non-hydrogen) atoms. The molecule has 0 atom stereocenters. The summed E-state index contributed by atoms with van der Waals surface area (Å²) in [6, 6.07) is 4.08. The van der Waals surface area contributed by atoms with E-state index in [1.165, 1.54) is 32.1 Å². The molecule has 3 heteroatoms. The van der Waals surface area contributed by atoms with Crippen LogP contribution in [0.25, 0.3) is 0 Å². The van der Waals surface area contributed by atoms with Crippen molar-refractivity contribution in [2.45, 2.75) is 44.9 Å². The van der Waals surface area contributed by atoms with Crippen molar-refractivity contribution in [3.63, 3.8) is 0 Å². The Morgan fingerprint density at radius 2 is 1.82 bits per heavy atom. The molecule has 0 N–H and O–H groups in total. The Hall–Kier alpha value is -1.48. The van der Waals surface area contributed by atoms with E-state index in [2.05, 4.69) is 4.90 Å². The van der Waals surface area contributed by atoms with Gasteiger partial charge in [-0.15, -0.1) is 0 Å². The van der Waals surface area contributed by atoms with E-state index in [4.69, 9.17) is 10.5 Å². The first-order valence-electron chi connectivity index (χ1n) is 6.63. The summed E-state index contributed by atoms with van der Waals surface area (Å²) in [5.41, 5.74) is 1.33. The highest BCUT2D eigenvalue weighted by atomic mass is 15.2. The minimum atomic E-state index is 0.332. The number of likely N-dealkylation sites (tertiary alicyclic amines) is 1. The van der Waals surface area contributed by atoms with E-state index in [1.54, 1.807) is 0 Å². The molecule has 90 valence electrons. The summed E-state index contributed by atoms with van der Waals surface area (Å²) in [6.07, 6.45) is 8.71. The number of hydrogen-bond donors (Lipinski definition) is 0. The smallest absolute Gasteiger partial charge is 0.148 e. The number of rotatable bonds is 2. The molecule has 0 radical (unpaired) electrons. The zero-order valence-electron chi connectivity index (χ0n) is 10.3. The number of allylic oxidation sites excluding steroid dienone is 2. The second-order valence-electron chi connectivity index (χ2n) is 5.10. The topological polar surface area (TPSA) is 50.8 Å². The van der Waals surface area contributed by atoms with E-state index in [1.807, 2.05) is 12.1 Å². The summed E-state index contributed by atoms with van der Waals surface area (Å²) in [6.45, 7) is 2.08.